The monoisotopic (exact) mass is 314 g/mol. The molecule has 0 spiro atoms. The second-order valence-electron chi connectivity index (χ2n) is 5.63. The van der Waals surface area contributed by atoms with Crippen LogP contribution in [0.2, 0.25) is 0 Å². The average Bonchev–Trinajstić information content (AvgIpc) is 3.07. The molecular formula is C18H22N2O3. The summed E-state index contributed by atoms with van der Waals surface area (Å²) in [6.45, 7) is 10.6. The molecule has 5 nitrogen and oxygen atoms in total. The minimum atomic E-state index is 0.0301. The Labute approximate surface area is 136 Å². The van der Waals surface area contributed by atoms with E-state index in [2.05, 4.69) is 18.4 Å². The fraction of sp³-hybridized carbons (Fsp3) is 0.389. The molecule has 0 bridgehead atoms. The second kappa shape index (κ2) is 6.87. The van der Waals surface area contributed by atoms with Crippen molar-refractivity contribution < 1.29 is 13.9 Å². The molecule has 1 aliphatic rings. The zero-order valence-electron chi connectivity index (χ0n) is 13.5. The van der Waals surface area contributed by atoms with Crippen LogP contribution in [0.5, 0.6) is 5.75 Å². The van der Waals surface area contributed by atoms with Gasteiger partial charge in [0.2, 0.25) is 0 Å². The van der Waals surface area contributed by atoms with Gasteiger partial charge in [0.1, 0.15) is 17.9 Å². The fourth-order valence-electron chi connectivity index (χ4n) is 2.88. The minimum Gasteiger partial charge on any atom is -0.489 e. The lowest BCUT2D eigenvalue weighted by Crippen LogP contribution is -2.48. The average molecular weight is 314 g/mol. The van der Waals surface area contributed by atoms with Crippen molar-refractivity contribution in [2.24, 2.45) is 0 Å². The van der Waals surface area contributed by atoms with Gasteiger partial charge in [-0.2, -0.15) is 0 Å². The molecule has 1 aromatic heterocycles. The molecule has 0 saturated carbocycles. The van der Waals surface area contributed by atoms with E-state index in [1.54, 1.807) is 24.5 Å². The summed E-state index contributed by atoms with van der Waals surface area (Å²) in [4.78, 5) is 17.0. The van der Waals surface area contributed by atoms with Crippen LogP contribution in [-0.4, -0.2) is 55.0 Å². The van der Waals surface area contributed by atoms with Crippen molar-refractivity contribution >= 4 is 16.9 Å². The van der Waals surface area contributed by atoms with Crippen LogP contribution in [0.4, 0.5) is 0 Å². The van der Waals surface area contributed by atoms with E-state index in [0.29, 0.717) is 23.5 Å². The van der Waals surface area contributed by atoms with Crippen molar-refractivity contribution in [2.45, 2.75) is 6.92 Å². The summed E-state index contributed by atoms with van der Waals surface area (Å²) in [6.07, 6.45) is 3.30. The number of hydrogen-bond donors (Lipinski definition) is 0. The van der Waals surface area contributed by atoms with Gasteiger partial charge in [-0.05, 0) is 24.7 Å². The van der Waals surface area contributed by atoms with Gasteiger partial charge < -0.3 is 19.0 Å². The Bertz CT molecular complexity index is 699. The standard InChI is InChI=1S/C18H22N2O3/c1-3-10-22-16-12-14(13-17-15(16)5-11-23-17)18(21)20-8-6-19(4-2)7-9-20/h3,5,11-13H,1,4,6-10H2,2H3. The molecule has 0 radical (unpaired) electrons. The number of carbonyl (C=O) groups excluding carboxylic acids is 1. The Hall–Kier alpha value is -2.27. The number of nitrogens with zero attached hydrogens (tertiary/aromatic N) is 2. The molecule has 1 aliphatic heterocycles. The number of rotatable bonds is 5. The molecule has 1 aromatic carbocycles. The normalized spacial score (nSPS) is 15.8. The van der Waals surface area contributed by atoms with Gasteiger partial charge in [0, 0.05) is 31.7 Å². The zero-order valence-corrected chi connectivity index (χ0v) is 13.5. The number of piperazine rings is 1. The molecule has 0 aliphatic carbocycles. The number of furan rings is 1. The number of fused-ring (bicyclic) bond motifs is 1. The fourth-order valence-corrected chi connectivity index (χ4v) is 2.88. The maximum atomic E-state index is 12.8. The van der Waals surface area contributed by atoms with Crippen LogP contribution in [-0.2, 0) is 0 Å². The van der Waals surface area contributed by atoms with Crippen LogP contribution < -0.4 is 4.74 Å². The molecule has 122 valence electrons. The summed E-state index contributed by atoms with van der Waals surface area (Å²) in [5, 5.41) is 0.874. The predicted octanol–water partition coefficient (Wildman–Crippen LogP) is 2.78. The van der Waals surface area contributed by atoms with E-state index in [1.807, 2.05) is 11.0 Å². The lowest BCUT2D eigenvalue weighted by molar-refractivity contribution is 0.0643. The number of benzene rings is 1. The topological polar surface area (TPSA) is 45.9 Å². The summed E-state index contributed by atoms with van der Waals surface area (Å²) >= 11 is 0. The number of hydrogen-bond acceptors (Lipinski definition) is 4. The molecule has 5 heteroatoms. The molecule has 0 unspecified atom stereocenters. The highest BCUT2D eigenvalue weighted by Crippen LogP contribution is 2.29. The third-order valence-corrected chi connectivity index (χ3v) is 4.24. The van der Waals surface area contributed by atoms with Crippen molar-refractivity contribution in [2.75, 3.05) is 39.3 Å². The molecule has 2 aromatic rings. The molecule has 1 saturated heterocycles. The van der Waals surface area contributed by atoms with Crippen LogP contribution >= 0.6 is 0 Å². The molecule has 23 heavy (non-hydrogen) atoms. The molecular weight excluding hydrogens is 292 g/mol. The van der Waals surface area contributed by atoms with E-state index >= 15 is 0 Å². The molecule has 3 rings (SSSR count). The van der Waals surface area contributed by atoms with E-state index in [1.165, 1.54) is 0 Å². The number of likely N-dealkylation sites (N-methyl/N-ethyl adjacent to an activating group) is 1. The summed E-state index contributed by atoms with van der Waals surface area (Å²) in [6, 6.07) is 5.45. The van der Waals surface area contributed by atoms with Crippen LogP contribution in [0.1, 0.15) is 17.3 Å². The Kier molecular flexibility index (Phi) is 4.67. The zero-order chi connectivity index (χ0) is 16.2. The Morgan fingerprint density at radius 2 is 2.13 bits per heavy atom. The largest absolute Gasteiger partial charge is 0.489 e. The summed E-state index contributed by atoms with van der Waals surface area (Å²) < 4.78 is 11.1. The molecule has 1 fully saturated rings. The van der Waals surface area contributed by atoms with Gasteiger partial charge in [-0.1, -0.05) is 19.6 Å². The maximum Gasteiger partial charge on any atom is 0.254 e. The molecule has 0 atom stereocenters. The van der Waals surface area contributed by atoms with Crippen molar-refractivity contribution in [1.29, 1.82) is 0 Å². The van der Waals surface area contributed by atoms with Crippen molar-refractivity contribution in [3.63, 3.8) is 0 Å². The first-order valence-electron chi connectivity index (χ1n) is 7.99. The highest BCUT2D eigenvalue weighted by molar-refractivity contribution is 5.99. The van der Waals surface area contributed by atoms with E-state index in [-0.39, 0.29) is 5.91 Å². The maximum absolute atomic E-state index is 12.8. The van der Waals surface area contributed by atoms with E-state index in [4.69, 9.17) is 9.15 Å². The molecule has 0 N–H and O–H groups in total. The quantitative estimate of drug-likeness (QED) is 0.796. The van der Waals surface area contributed by atoms with E-state index in [9.17, 15) is 4.79 Å². The Morgan fingerprint density at radius 1 is 1.35 bits per heavy atom. The predicted molar refractivity (Wildman–Crippen MR) is 89.9 cm³/mol. The van der Waals surface area contributed by atoms with Gasteiger partial charge in [0.05, 0.1) is 11.6 Å². The van der Waals surface area contributed by atoms with E-state index in [0.717, 1.165) is 38.1 Å². The van der Waals surface area contributed by atoms with Gasteiger partial charge in [-0.25, -0.2) is 0 Å². The smallest absolute Gasteiger partial charge is 0.254 e. The van der Waals surface area contributed by atoms with Crippen LogP contribution in [0.15, 0.2) is 41.5 Å². The van der Waals surface area contributed by atoms with Crippen molar-refractivity contribution in [3.05, 3.63) is 42.7 Å². The molecule has 2 heterocycles. The van der Waals surface area contributed by atoms with Crippen LogP contribution in [0, 0.1) is 0 Å². The van der Waals surface area contributed by atoms with Gasteiger partial charge in [0.15, 0.2) is 0 Å². The summed E-state index contributed by atoms with van der Waals surface area (Å²) in [7, 11) is 0. The van der Waals surface area contributed by atoms with Crippen molar-refractivity contribution in [3.8, 4) is 5.75 Å². The van der Waals surface area contributed by atoms with Gasteiger partial charge >= 0.3 is 0 Å². The third-order valence-electron chi connectivity index (χ3n) is 4.24. The minimum absolute atomic E-state index is 0.0301. The van der Waals surface area contributed by atoms with Crippen molar-refractivity contribution in [1.82, 2.24) is 9.80 Å². The molecule has 1 amide bonds. The Balaban J connectivity index is 1.84. The number of amides is 1. The number of carbonyl (C=O) groups is 1. The number of ether oxygens (including phenoxy) is 1. The van der Waals surface area contributed by atoms with E-state index < -0.39 is 0 Å². The van der Waals surface area contributed by atoms with Gasteiger partial charge in [0.25, 0.3) is 5.91 Å². The van der Waals surface area contributed by atoms with Gasteiger partial charge in [-0.3, -0.25) is 4.79 Å². The second-order valence-corrected chi connectivity index (χ2v) is 5.63. The van der Waals surface area contributed by atoms with Crippen LogP contribution in [0.25, 0.3) is 11.0 Å². The third kappa shape index (κ3) is 3.24. The SMILES string of the molecule is C=CCOc1cc(C(=O)N2CCN(CC)CC2)cc2occc12. The lowest BCUT2D eigenvalue weighted by Gasteiger charge is -2.34. The van der Waals surface area contributed by atoms with Gasteiger partial charge in [-0.15, -0.1) is 0 Å². The first-order valence-corrected chi connectivity index (χ1v) is 7.99. The first-order chi connectivity index (χ1) is 11.2. The summed E-state index contributed by atoms with van der Waals surface area (Å²) in [5.74, 6) is 0.689. The Morgan fingerprint density at radius 3 is 2.83 bits per heavy atom. The van der Waals surface area contributed by atoms with Crippen LogP contribution in [0.3, 0.4) is 0 Å². The first kappa shape index (κ1) is 15.6. The highest BCUT2D eigenvalue weighted by atomic mass is 16.5. The lowest BCUT2D eigenvalue weighted by atomic mass is 10.1. The summed E-state index contributed by atoms with van der Waals surface area (Å²) in [5.41, 5.74) is 1.28. The highest BCUT2D eigenvalue weighted by Gasteiger charge is 2.22.